The van der Waals surface area contributed by atoms with E-state index >= 15 is 0 Å². The summed E-state index contributed by atoms with van der Waals surface area (Å²) in [5.74, 6) is -1.16. The summed E-state index contributed by atoms with van der Waals surface area (Å²) in [5, 5.41) is 21.9. The van der Waals surface area contributed by atoms with Crippen LogP contribution in [0, 0.1) is 20.2 Å². The van der Waals surface area contributed by atoms with Crippen LogP contribution in [0.5, 0.6) is 5.75 Å². The Balaban J connectivity index is 3.61. The molecule has 8 nitrogen and oxygen atoms in total. The van der Waals surface area contributed by atoms with E-state index in [1.165, 1.54) is 6.07 Å². The number of hydrogen-bond donors (Lipinski definition) is 0. The fourth-order valence-corrected chi connectivity index (χ4v) is 1.70. The van der Waals surface area contributed by atoms with Crippen LogP contribution in [0.2, 0.25) is 0 Å². The monoisotopic (exact) mass is 282 g/mol. The number of rotatable bonds is 5. The molecule has 0 bridgehead atoms. The van der Waals surface area contributed by atoms with Crippen LogP contribution in [0.15, 0.2) is 12.1 Å². The number of nitro benzene ring substituents is 2. The molecule has 1 rings (SSSR count). The smallest absolute Gasteiger partial charge is 0.318 e. The van der Waals surface area contributed by atoms with Crippen LogP contribution < -0.4 is 4.74 Å². The maximum Gasteiger partial charge on any atom is 0.318 e. The molecule has 0 saturated carbocycles. The average molecular weight is 282 g/mol. The van der Waals surface area contributed by atoms with Gasteiger partial charge in [0.2, 0.25) is 5.75 Å². The van der Waals surface area contributed by atoms with Gasteiger partial charge in [0.25, 0.3) is 5.69 Å². The van der Waals surface area contributed by atoms with Gasteiger partial charge in [-0.25, -0.2) is 0 Å². The summed E-state index contributed by atoms with van der Waals surface area (Å²) in [7, 11) is 0. The summed E-state index contributed by atoms with van der Waals surface area (Å²) in [4.78, 5) is 31.5. The minimum absolute atomic E-state index is 0.219. The van der Waals surface area contributed by atoms with Gasteiger partial charge in [-0.2, -0.15) is 0 Å². The first-order chi connectivity index (χ1) is 9.27. The van der Waals surface area contributed by atoms with Gasteiger partial charge in [-0.15, -0.1) is 0 Å². The molecule has 0 aromatic heterocycles. The number of carbonyl (C=O) groups excluding carboxylic acids is 1. The predicted octanol–water partition coefficient (Wildman–Crippen LogP) is 2.94. The van der Waals surface area contributed by atoms with Crippen molar-refractivity contribution in [1.29, 1.82) is 0 Å². The molecule has 1 aromatic carbocycles. The molecule has 1 atom stereocenters. The van der Waals surface area contributed by atoms with Crippen molar-refractivity contribution in [2.75, 3.05) is 0 Å². The van der Waals surface area contributed by atoms with Gasteiger partial charge in [-0.05, 0) is 12.3 Å². The Morgan fingerprint density at radius 2 is 1.90 bits per heavy atom. The first-order valence-corrected chi connectivity index (χ1v) is 5.93. The summed E-state index contributed by atoms with van der Waals surface area (Å²) in [6, 6.07) is 2.00. The van der Waals surface area contributed by atoms with Crippen molar-refractivity contribution < 1.29 is 19.4 Å². The Hall–Kier alpha value is -2.51. The van der Waals surface area contributed by atoms with Gasteiger partial charge in [0.1, 0.15) is 0 Å². The van der Waals surface area contributed by atoms with Crippen molar-refractivity contribution in [3.63, 3.8) is 0 Å². The SMILES string of the molecule is CC[C@H](C)c1cc([N+](=O)[O-])cc([N+](=O)[O-])c1OC(C)=O. The van der Waals surface area contributed by atoms with Gasteiger partial charge in [0.05, 0.1) is 15.9 Å². The lowest BCUT2D eigenvalue weighted by atomic mass is 9.96. The molecule has 0 unspecified atom stereocenters. The Morgan fingerprint density at radius 1 is 1.30 bits per heavy atom. The van der Waals surface area contributed by atoms with Crippen LogP contribution in [0.25, 0.3) is 0 Å². The Bertz CT molecular complexity index is 569. The van der Waals surface area contributed by atoms with Crippen molar-refractivity contribution in [1.82, 2.24) is 0 Å². The molecular formula is C12H14N2O6. The summed E-state index contributed by atoms with van der Waals surface area (Å²) < 4.78 is 4.89. The molecule has 8 heteroatoms. The van der Waals surface area contributed by atoms with Crippen LogP contribution in [0.1, 0.15) is 38.7 Å². The first-order valence-electron chi connectivity index (χ1n) is 5.93. The highest BCUT2D eigenvalue weighted by Crippen LogP contribution is 2.40. The highest BCUT2D eigenvalue weighted by atomic mass is 16.6. The molecule has 108 valence electrons. The normalized spacial score (nSPS) is 11.8. The summed E-state index contributed by atoms with van der Waals surface area (Å²) in [5.41, 5.74) is -0.698. The van der Waals surface area contributed by atoms with E-state index in [1.54, 1.807) is 6.92 Å². The summed E-state index contributed by atoms with van der Waals surface area (Å²) in [6.07, 6.45) is 0.590. The van der Waals surface area contributed by atoms with E-state index < -0.39 is 27.2 Å². The predicted molar refractivity (Wildman–Crippen MR) is 69.8 cm³/mol. The van der Waals surface area contributed by atoms with E-state index in [-0.39, 0.29) is 17.2 Å². The van der Waals surface area contributed by atoms with Gasteiger partial charge in [0.15, 0.2) is 0 Å². The molecule has 0 amide bonds. The molecular weight excluding hydrogens is 268 g/mol. The zero-order valence-electron chi connectivity index (χ0n) is 11.3. The second-order valence-corrected chi connectivity index (χ2v) is 4.30. The number of nitrogens with zero attached hydrogens (tertiary/aromatic N) is 2. The third-order valence-electron chi connectivity index (χ3n) is 2.88. The van der Waals surface area contributed by atoms with E-state index in [1.807, 2.05) is 6.92 Å². The molecule has 20 heavy (non-hydrogen) atoms. The maximum absolute atomic E-state index is 11.1. The second-order valence-electron chi connectivity index (χ2n) is 4.30. The van der Waals surface area contributed by atoms with Crippen molar-refractivity contribution in [3.8, 4) is 5.75 Å². The largest absolute Gasteiger partial charge is 0.419 e. The number of hydrogen-bond acceptors (Lipinski definition) is 6. The molecule has 0 spiro atoms. The van der Waals surface area contributed by atoms with Crippen molar-refractivity contribution in [3.05, 3.63) is 37.9 Å². The number of ether oxygens (including phenoxy) is 1. The third kappa shape index (κ3) is 3.28. The number of esters is 1. The number of benzene rings is 1. The quantitative estimate of drug-likeness (QED) is 0.355. The second kappa shape index (κ2) is 6.09. The minimum Gasteiger partial charge on any atom is -0.419 e. The third-order valence-corrected chi connectivity index (χ3v) is 2.88. The van der Waals surface area contributed by atoms with E-state index in [2.05, 4.69) is 0 Å². The van der Waals surface area contributed by atoms with E-state index in [4.69, 9.17) is 4.74 Å². The average Bonchev–Trinajstić information content (AvgIpc) is 2.36. The molecule has 0 radical (unpaired) electrons. The highest BCUT2D eigenvalue weighted by molar-refractivity contribution is 5.73. The Morgan fingerprint density at radius 3 is 2.30 bits per heavy atom. The lowest BCUT2D eigenvalue weighted by Crippen LogP contribution is -2.09. The zero-order chi connectivity index (χ0) is 15.4. The minimum atomic E-state index is -0.794. The number of nitro groups is 2. The van der Waals surface area contributed by atoms with Crippen molar-refractivity contribution in [2.45, 2.75) is 33.1 Å². The standard InChI is InChI=1S/C12H14N2O6/c1-4-7(2)10-5-9(13(16)17)6-11(14(18)19)12(10)20-8(3)15/h5-7H,4H2,1-3H3/t7-/m0/s1. The van der Waals surface area contributed by atoms with Crippen LogP contribution in [-0.4, -0.2) is 15.8 Å². The van der Waals surface area contributed by atoms with Crippen molar-refractivity contribution in [2.24, 2.45) is 0 Å². The Labute approximate surface area is 114 Å². The topological polar surface area (TPSA) is 113 Å². The first kappa shape index (κ1) is 15.5. The Kier molecular flexibility index (Phi) is 4.73. The van der Waals surface area contributed by atoms with Gasteiger partial charge in [-0.3, -0.25) is 25.0 Å². The molecule has 0 N–H and O–H groups in total. The molecule has 0 saturated heterocycles. The number of carbonyl (C=O) groups is 1. The van der Waals surface area contributed by atoms with Gasteiger partial charge in [0, 0.05) is 18.6 Å². The molecule has 0 aliphatic heterocycles. The number of non-ortho nitro benzene ring substituents is 1. The van der Waals surface area contributed by atoms with Crippen LogP contribution in [-0.2, 0) is 4.79 Å². The lowest BCUT2D eigenvalue weighted by molar-refractivity contribution is -0.394. The van der Waals surface area contributed by atoms with Gasteiger partial charge in [-0.1, -0.05) is 13.8 Å². The molecule has 0 heterocycles. The maximum atomic E-state index is 11.1. The van der Waals surface area contributed by atoms with Crippen LogP contribution in [0.4, 0.5) is 11.4 Å². The summed E-state index contributed by atoms with van der Waals surface area (Å²) in [6.45, 7) is 4.69. The highest BCUT2D eigenvalue weighted by Gasteiger charge is 2.28. The van der Waals surface area contributed by atoms with E-state index in [0.29, 0.717) is 6.42 Å². The van der Waals surface area contributed by atoms with Gasteiger partial charge < -0.3 is 4.74 Å². The van der Waals surface area contributed by atoms with E-state index in [0.717, 1.165) is 13.0 Å². The van der Waals surface area contributed by atoms with Crippen LogP contribution >= 0.6 is 0 Å². The lowest BCUT2D eigenvalue weighted by Gasteiger charge is -2.14. The van der Waals surface area contributed by atoms with Gasteiger partial charge >= 0.3 is 11.7 Å². The van der Waals surface area contributed by atoms with Crippen molar-refractivity contribution >= 4 is 17.3 Å². The molecule has 1 aromatic rings. The molecule has 0 aliphatic rings. The fourth-order valence-electron chi connectivity index (χ4n) is 1.70. The molecule has 0 aliphatic carbocycles. The fraction of sp³-hybridized carbons (Fsp3) is 0.417. The van der Waals surface area contributed by atoms with Crippen LogP contribution in [0.3, 0.4) is 0 Å². The zero-order valence-corrected chi connectivity index (χ0v) is 11.3. The van der Waals surface area contributed by atoms with E-state index in [9.17, 15) is 25.0 Å². The summed E-state index contributed by atoms with van der Waals surface area (Å²) >= 11 is 0. The molecule has 0 fully saturated rings.